The monoisotopic (exact) mass is 288 g/mol. The predicted molar refractivity (Wildman–Crippen MR) is 30.9 cm³/mol. The molecule has 0 aromatic heterocycles. The van der Waals surface area contributed by atoms with Crippen LogP contribution in [0.15, 0.2) is 9.70 Å². The van der Waals surface area contributed by atoms with Gasteiger partial charge in [-0.2, -0.15) is 0 Å². The van der Waals surface area contributed by atoms with E-state index in [-0.39, 0.29) is 17.0 Å². The van der Waals surface area contributed by atoms with E-state index in [2.05, 4.69) is 35.9 Å². The predicted octanol–water partition coefficient (Wildman–Crippen LogP) is -2.30. The minimum absolute atomic E-state index is 0. The molecule has 0 heterocycles. The normalized spacial score (nSPS) is 6.86. The van der Waals surface area contributed by atoms with Crippen molar-refractivity contribution in [3.05, 3.63) is 9.70 Å². The van der Waals surface area contributed by atoms with Crippen molar-refractivity contribution in [2.24, 2.45) is 0 Å². The zero-order valence-electron chi connectivity index (χ0n) is 4.57. The molecule has 0 spiro atoms. The van der Waals surface area contributed by atoms with Crippen molar-refractivity contribution in [3.63, 3.8) is 0 Å². The van der Waals surface area contributed by atoms with Crippen LogP contribution >= 0.6 is 0 Å². The minimum atomic E-state index is 0. The maximum Gasteiger partial charge on any atom is -1.00 e. The van der Waals surface area contributed by atoms with Gasteiger partial charge in [-0.15, -0.1) is 0 Å². The number of halogens is 1. The minimum Gasteiger partial charge on any atom is -1.00 e. The average molecular weight is 287 g/mol. The zero-order valence-corrected chi connectivity index (χ0v) is 9.90. The Morgan fingerprint density at radius 3 is 2.00 bits per heavy atom. The van der Waals surface area contributed by atoms with Crippen LogP contribution in [0.5, 0.6) is 0 Å². The molecule has 0 aromatic carbocycles. The van der Waals surface area contributed by atoms with Gasteiger partial charge in [0.1, 0.15) is 0 Å². The van der Waals surface area contributed by atoms with E-state index in [0.29, 0.717) is 17.2 Å². The first-order chi connectivity index (χ1) is 2.77. The van der Waals surface area contributed by atoms with Crippen LogP contribution in [0.2, 0.25) is 0 Å². The van der Waals surface area contributed by atoms with Crippen molar-refractivity contribution in [1.82, 2.24) is 0 Å². The Balaban J connectivity index is 0. The Morgan fingerprint density at radius 2 is 2.00 bits per heavy atom. The first-order valence-electron chi connectivity index (χ1n) is 1.81. The largest absolute Gasteiger partial charge is 1.00 e. The summed E-state index contributed by atoms with van der Waals surface area (Å²) in [6.07, 6.45) is 0. The molecule has 0 N–H and O–H groups in total. The molecular formula is C4H7BrMgTe. The van der Waals surface area contributed by atoms with E-state index in [4.69, 9.17) is 0 Å². The van der Waals surface area contributed by atoms with Crippen molar-refractivity contribution >= 4 is 35.1 Å². The Hall–Kier alpha value is 1.78. The van der Waals surface area contributed by atoms with Gasteiger partial charge in [0.25, 0.3) is 0 Å². The van der Waals surface area contributed by atoms with Crippen LogP contribution in [0.3, 0.4) is 0 Å². The third kappa shape index (κ3) is 11.4. The summed E-state index contributed by atoms with van der Waals surface area (Å²) in [6, 6.07) is 0. The molecule has 0 saturated carbocycles. The third-order valence-electron chi connectivity index (χ3n) is 0.319. The third-order valence-corrected chi connectivity index (χ3v) is 3.26. The number of hydrogen-bond donors (Lipinski definition) is 0. The molecule has 0 radical (unpaired) electrons. The van der Waals surface area contributed by atoms with Gasteiger partial charge >= 0.3 is 58.7 Å². The molecule has 0 atom stereocenters. The standard InChI is InChI=1S/C4H8Te.BrH.Mg/c1-4(2)3-5;;/h3,5H,1-2H3;1H;/q;;+2/p-2. The summed E-state index contributed by atoms with van der Waals surface area (Å²) in [5.74, 6) is 0. The maximum atomic E-state index is 2.35. The van der Waals surface area contributed by atoms with E-state index in [1.807, 2.05) is 0 Å². The van der Waals surface area contributed by atoms with E-state index >= 15 is 0 Å². The fourth-order valence-corrected chi connectivity index (χ4v) is 3.35. The number of hydrogen-bond acceptors (Lipinski definition) is 0. The van der Waals surface area contributed by atoms with E-state index < -0.39 is 0 Å². The molecule has 0 nitrogen and oxygen atoms in total. The van der Waals surface area contributed by atoms with Crippen LogP contribution < -0.4 is 17.0 Å². The molecule has 0 aromatic rings. The number of rotatable bonds is 1. The zero-order chi connectivity index (χ0) is 4.99. The molecule has 0 aliphatic carbocycles. The smallest absolute Gasteiger partial charge is 1.00 e. The molecule has 38 valence electrons. The van der Waals surface area contributed by atoms with Gasteiger partial charge in [-0.05, 0) is 0 Å². The topological polar surface area (TPSA) is 0 Å². The van der Waals surface area contributed by atoms with Crippen LogP contribution in [0.25, 0.3) is 0 Å². The summed E-state index contributed by atoms with van der Waals surface area (Å²) in [5, 5.41) is 0. The van der Waals surface area contributed by atoms with Gasteiger partial charge in [0.2, 0.25) is 0 Å². The molecule has 0 bridgehead atoms. The van der Waals surface area contributed by atoms with Gasteiger partial charge in [0.05, 0.1) is 0 Å². The van der Waals surface area contributed by atoms with Crippen molar-refractivity contribution in [3.8, 4) is 0 Å². The van der Waals surface area contributed by atoms with E-state index in [1.54, 1.807) is 0 Å². The van der Waals surface area contributed by atoms with Crippen LogP contribution in [0, 0.1) is 0 Å². The van der Waals surface area contributed by atoms with Gasteiger partial charge in [0, 0.05) is 0 Å². The molecule has 7 heavy (non-hydrogen) atoms. The van der Waals surface area contributed by atoms with Crippen LogP contribution in [-0.4, -0.2) is 35.1 Å². The summed E-state index contributed by atoms with van der Waals surface area (Å²) < 4.78 is 2.35. The van der Waals surface area contributed by atoms with E-state index in [1.165, 1.54) is 5.57 Å². The van der Waals surface area contributed by atoms with Crippen molar-refractivity contribution in [1.29, 1.82) is 0 Å². The van der Waals surface area contributed by atoms with Gasteiger partial charge in [-0.25, -0.2) is 0 Å². The van der Waals surface area contributed by atoms with Gasteiger partial charge in [-0.1, -0.05) is 0 Å². The quantitative estimate of drug-likeness (QED) is 0.476. The summed E-state index contributed by atoms with van der Waals surface area (Å²) in [6.45, 7) is 4.30. The van der Waals surface area contributed by atoms with Crippen molar-refractivity contribution in [2.75, 3.05) is 0 Å². The second-order valence-corrected chi connectivity index (χ2v) is 5.22. The van der Waals surface area contributed by atoms with Crippen molar-refractivity contribution < 1.29 is 17.0 Å². The first kappa shape index (κ1) is 11.6. The second kappa shape index (κ2) is 7.78. The Kier molecular flexibility index (Phi) is 12.8. The summed E-state index contributed by atoms with van der Waals surface area (Å²) in [4.78, 5) is 0. The molecule has 0 amide bonds. The van der Waals surface area contributed by atoms with E-state index in [0.717, 1.165) is 0 Å². The molecular weight excluding hydrogens is 280 g/mol. The summed E-state index contributed by atoms with van der Waals surface area (Å²) in [7, 11) is 0. The Bertz CT molecular complexity index is 58.7. The fraction of sp³-hybridized carbons (Fsp3) is 0.500. The molecule has 0 rings (SSSR count). The summed E-state index contributed by atoms with van der Waals surface area (Å²) >= 11 is 2.40. The van der Waals surface area contributed by atoms with Crippen LogP contribution in [-0.2, 0) is 0 Å². The van der Waals surface area contributed by atoms with Gasteiger partial charge in [0.15, 0.2) is 0 Å². The maximum absolute atomic E-state index is 2.35. The first-order valence-corrected chi connectivity index (χ1v) is 8.68. The summed E-state index contributed by atoms with van der Waals surface area (Å²) in [5.41, 5.74) is 1.48. The molecule has 0 aliphatic heterocycles. The number of allylic oxidation sites excluding steroid dienone is 1. The SMILES string of the molecule is CC(C)=C[Te][Mg+].[Br-]. The van der Waals surface area contributed by atoms with Gasteiger partial charge < -0.3 is 17.0 Å². The van der Waals surface area contributed by atoms with Crippen LogP contribution in [0.1, 0.15) is 13.8 Å². The second-order valence-electron chi connectivity index (χ2n) is 1.36. The average Bonchev–Trinajstić information content (AvgIpc) is 1.35. The molecule has 0 aliphatic rings. The molecule has 0 unspecified atom stereocenters. The Morgan fingerprint density at radius 1 is 1.57 bits per heavy atom. The molecule has 3 heteroatoms. The van der Waals surface area contributed by atoms with Gasteiger partial charge in [-0.3, -0.25) is 0 Å². The van der Waals surface area contributed by atoms with Crippen LogP contribution in [0.4, 0.5) is 0 Å². The Labute approximate surface area is 74.7 Å². The van der Waals surface area contributed by atoms with E-state index in [9.17, 15) is 0 Å². The molecule has 0 saturated heterocycles. The molecule has 0 fully saturated rings. The fourth-order valence-electron chi connectivity index (χ4n) is 0.167. The van der Waals surface area contributed by atoms with Crippen molar-refractivity contribution in [2.45, 2.75) is 13.8 Å².